The molecule has 0 fully saturated rings. The van der Waals surface area contributed by atoms with Crippen molar-refractivity contribution in [3.8, 4) is 0 Å². The highest BCUT2D eigenvalue weighted by Crippen LogP contribution is 2.17. The molecule has 0 aliphatic rings. The Morgan fingerprint density at radius 2 is 0.481 bits per heavy atom. The minimum absolute atomic E-state index is 0.0839. The van der Waals surface area contributed by atoms with Gasteiger partial charge in [-0.3, -0.25) is 14.4 Å². The van der Waals surface area contributed by atoms with Crippen LogP contribution in [0.4, 0.5) is 0 Å². The van der Waals surface area contributed by atoms with Gasteiger partial charge in [0.15, 0.2) is 6.10 Å². The molecule has 6 heteroatoms. The van der Waals surface area contributed by atoms with Crippen LogP contribution in [0.15, 0.2) is 122 Å². The van der Waals surface area contributed by atoms with Gasteiger partial charge in [-0.2, -0.15) is 0 Å². The zero-order chi connectivity index (χ0) is 58.5. The average Bonchev–Trinajstić information content (AvgIpc) is 3.47. The summed E-state index contributed by atoms with van der Waals surface area (Å²) in [6, 6.07) is 0. The van der Waals surface area contributed by atoms with Gasteiger partial charge in [-0.15, -0.1) is 0 Å². The van der Waals surface area contributed by atoms with E-state index in [1.807, 2.05) is 0 Å². The zero-order valence-corrected chi connectivity index (χ0v) is 53.0. The van der Waals surface area contributed by atoms with E-state index in [4.69, 9.17) is 14.2 Å². The normalized spacial score (nSPS) is 12.9. The Labute approximate surface area is 501 Å². The van der Waals surface area contributed by atoms with Gasteiger partial charge < -0.3 is 14.2 Å². The van der Waals surface area contributed by atoms with Crippen molar-refractivity contribution < 1.29 is 28.6 Å². The molecule has 0 heterocycles. The number of ether oxygens (including phenoxy) is 3. The van der Waals surface area contributed by atoms with Crippen molar-refractivity contribution in [2.45, 2.75) is 322 Å². The molecular formula is C75H126O6. The van der Waals surface area contributed by atoms with Crippen molar-refractivity contribution >= 4 is 17.9 Å². The maximum atomic E-state index is 12.9. The fourth-order valence-electron chi connectivity index (χ4n) is 9.44. The third-order valence-electron chi connectivity index (χ3n) is 14.5. The second kappa shape index (κ2) is 68.3. The van der Waals surface area contributed by atoms with Gasteiger partial charge in [-0.1, -0.05) is 309 Å². The molecular weight excluding hydrogens is 997 g/mol. The summed E-state index contributed by atoms with van der Waals surface area (Å²) >= 11 is 0. The fourth-order valence-corrected chi connectivity index (χ4v) is 9.44. The van der Waals surface area contributed by atoms with E-state index in [9.17, 15) is 14.4 Å². The number of esters is 3. The van der Waals surface area contributed by atoms with Crippen molar-refractivity contribution in [3.63, 3.8) is 0 Å². The van der Waals surface area contributed by atoms with Crippen LogP contribution in [0.5, 0.6) is 0 Å². The third-order valence-corrected chi connectivity index (χ3v) is 14.5. The SMILES string of the molecule is CC/C=C\C/C=C\C/C=C\C/C=C\C/C=C\CCCCCCCCCCCCCCCCCCCCCC(=O)OCC(COC(=O)CCCCCCCCC)OC(=O)CCCCCCC/C=C\C/C=C\C/C=C\C/C=C\C/C=C\CC. The van der Waals surface area contributed by atoms with Crippen LogP contribution in [-0.2, 0) is 28.6 Å². The van der Waals surface area contributed by atoms with E-state index < -0.39 is 6.10 Å². The highest BCUT2D eigenvalue weighted by atomic mass is 16.6. The summed E-state index contributed by atoms with van der Waals surface area (Å²) in [5.74, 6) is -0.901. The van der Waals surface area contributed by atoms with Crippen LogP contribution in [-0.4, -0.2) is 37.2 Å². The van der Waals surface area contributed by atoms with Gasteiger partial charge in [-0.05, 0) is 109 Å². The molecule has 0 bridgehead atoms. The molecule has 1 atom stereocenters. The van der Waals surface area contributed by atoms with E-state index in [-0.39, 0.29) is 31.1 Å². The van der Waals surface area contributed by atoms with E-state index in [0.717, 1.165) is 141 Å². The Hall–Kier alpha value is -4.19. The summed E-state index contributed by atoms with van der Waals surface area (Å²) in [5.41, 5.74) is 0. The van der Waals surface area contributed by atoms with Crippen molar-refractivity contribution in [1.29, 1.82) is 0 Å². The number of hydrogen-bond acceptors (Lipinski definition) is 6. The van der Waals surface area contributed by atoms with Crippen LogP contribution in [0.2, 0.25) is 0 Å². The summed E-state index contributed by atoms with van der Waals surface area (Å²) in [6.45, 7) is 6.37. The minimum atomic E-state index is -0.787. The van der Waals surface area contributed by atoms with E-state index in [2.05, 4.69) is 142 Å². The average molecular weight is 1120 g/mol. The highest BCUT2D eigenvalue weighted by Gasteiger charge is 2.19. The first-order valence-electron chi connectivity index (χ1n) is 34.0. The van der Waals surface area contributed by atoms with Gasteiger partial charge in [0, 0.05) is 19.3 Å². The lowest BCUT2D eigenvalue weighted by Crippen LogP contribution is -2.30. The molecule has 0 N–H and O–H groups in total. The molecule has 0 aromatic rings. The lowest BCUT2D eigenvalue weighted by atomic mass is 10.0. The number of unbranched alkanes of at least 4 members (excludes halogenated alkanes) is 30. The molecule has 462 valence electrons. The van der Waals surface area contributed by atoms with E-state index >= 15 is 0 Å². The van der Waals surface area contributed by atoms with Crippen LogP contribution in [0.3, 0.4) is 0 Å². The van der Waals surface area contributed by atoms with Crippen molar-refractivity contribution in [2.75, 3.05) is 13.2 Å². The van der Waals surface area contributed by atoms with Gasteiger partial charge in [-0.25, -0.2) is 0 Å². The minimum Gasteiger partial charge on any atom is -0.462 e. The Morgan fingerprint density at radius 1 is 0.259 bits per heavy atom. The predicted octanol–water partition coefficient (Wildman–Crippen LogP) is 23.6. The van der Waals surface area contributed by atoms with Crippen molar-refractivity contribution in [2.24, 2.45) is 0 Å². The molecule has 0 aromatic carbocycles. The molecule has 0 radical (unpaired) electrons. The van der Waals surface area contributed by atoms with Crippen LogP contribution in [0, 0.1) is 0 Å². The van der Waals surface area contributed by atoms with Crippen molar-refractivity contribution in [1.82, 2.24) is 0 Å². The molecule has 6 nitrogen and oxygen atoms in total. The Bertz CT molecular complexity index is 1670. The summed E-state index contributed by atoms with van der Waals surface area (Å²) in [5, 5.41) is 0. The molecule has 0 amide bonds. The molecule has 81 heavy (non-hydrogen) atoms. The molecule has 0 saturated carbocycles. The second-order valence-corrected chi connectivity index (χ2v) is 22.3. The van der Waals surface area contributed by atoms with E-state index in [1.54, 1.807) is 0 Å². The molecule has 0 rings (SSSR count). The summed E-state index contributed by atoms with van der Waals surface area (Å²) in [7, 11) is 0. The van der Waals surface area contributed by atoms with E-state index in [0.29, 0.717) is 19.3 Å². The quantitative estimate of drug-likeness (QED) is 0.0261. The predicted molar refractivity (Wildman–Crippen MR) is 353 cm³/mol. The van der Waals surface area contributed by atoms with Gasteiger partial charge in [0.05, 0.1) is 0 Å². The number of hydrogen-bond donors (Lipinski definition) is 0. The summed E-state index contributed by atoms with van der Waals surface area (Å²) < 4.78 is 16.8. The van der Waals surface area contributed by atoms with Gasteiger partial charge in [0.25, 0.3) is 0 Å². The standard InChI is InChI=1S/C75H126O6/c1-4-7-10-13-16-18-20-22-24-26-28-30-31-32-33-34-35-36-37-38-39-40-41-42-43-45-46-48-50-52-54-56-59-62-65-68-74(77)80-71-72(70-79-73(76)67-64-61-58-15-12-9-6-3)81-75(78)69-66-63-60-57-55-53-51-49-47-44-29-27-25-23-21-19-17-14-11-8-5-2/h7-8,10-11,16-19,22-25,28-30,32-33,44,49,51,72H,4-6,9,12-15,20-21,26-27,31,34-43,45-48,50,52-71H2,1-3H3/b10-7-,11-8-,18-16-,19-17-,24-22-,25-23-,30-28-,33-32-,44-29-,51-49-. The smallest absolute Gasteiger partial charge is 0.306 e. The number of carbonyl (C=O) groups is 3. The Balaban J connectivity index is 4.05. The maximum absolute atomic E-state index is 12.9. The topological polar surface area (TPSA) is 78.9 Å². The fraction of sp³-hybridized carbons (Fsp3) is 0.693. The molecule has 1 unspecified atom stereocenters. The van der Waals surface area contributed by atoms with Crippen LogP contribution in [0.1, 0.15) is 316 Å². The van der Waals surface area contributed by atoms with Crippen LogP contribution < -0.4 is 0 Å². The third kappa shape index (κ3) is 66.5. The van der Waals surface area contributed by atoms with Gasteiger partial charge in [0.1, 0.15) is 13.2 Å². The summed E-state index contributed by atoms with van der Waals surface area (Å²) in [4.78, 5) is 38.1. The molecule has 0 aromatic heterocycles. The van der Waals surface area contributed by atoms with Crippen LogP contribution >= 0.6 is 0 Å². The van der Waals surface area contributed by atoms with Crippen LogP contribution in [0.25, 0.3) is 0 Å². The number of carbonyl (C=O) groups excluding carboxylic acids is 3. The Kier molecular flexibility index (Phi) is 64.8. The van der Waals surface area contributed by atoms with Gasteiger partial charge in [0.2, 0.25) is 0 Å². The van der Waals surface area contributed by atoms with Gasteiger partial charge >= 0.3 is 17.9 Å². The highest BCUT2D eigenvalue weighted by molar-refractivity contribution is 5.71. The molecule has 0 saturated heterocycles. The first-order valence-corrected chi connectivity index (χ1v) is 34.0. The first kappa shape index (κ1) is 76.8. The Morgan fingerprint density at radius 3 is 0.753 bits per heavy atom. The lowest BCUT2D eigenvalue weighted by Gasteiger charge is -2.18. The largest absolute Gasteiger partial charge is 0.462 e. The second-order valence-electron chi connectivity index (χ2n) is 22.3. The molecule has 0 aliphatic carbocycles. The van der Waals surface area contributed by atoms with Crippen molar-refractivity contribution in [3.05, 3.63) is 122 Å². The summed E-state index contributed by atoms with van der Waals surface area (Å²) in [6.07, 6.45) is 95.4. The van der Waals surface area contributed by atoms with E-state index in [1.165, 1.54) is 135 Å². The maximum Gasteiger partial charge on any atom is 0.306 e. The number of allylic oxidation sites excluding steroid dienone is 20. The first-order chi connectivity index (χ1) is 40.0. The lowest BCUT2D eigenvalue weighted by molar-refractivity contribution is -0.167. The molecule has 0 aliphatic heterocycles. The monoisotopic (exact) mass is 1120 g/mol. The molecule has 0 spiro atoms. The number of rotatable bonds is 61. The zero-order valence-electron chi connectivity index (χ0n) is 53.0.